The summed E-state index contributed by atoms with van der Waals surface area (Å²) in [5, 5.41) is 6.76. The Morgan fingerprint density at radius 3 is 2.80 bits per heavy atom. The molecule has 0 radical (unpaired) electrons. The second kappa shape index (κ2) is 5.26. The van der Waals surface area contributed by atoms with Crippen molar-refractivity contribution in [1.29, 1.82) is 0 Å². The van der Waals surface area contributed by atoms with E-state index in [-0.39, 0.29) is 12.5 Å². The van der Waals surface area contributed by atoms with E-state index < -0.39 is 15.3 Å². The number of rotatable bonds is 4. The Labute approximate surface area is 117 Å². The molecule has 0 fully saturated rings. The van der Waals surface area contributed by atoms with Crippen molar-refractivity contribution in [3.63, 3.8) is 0 Å². The Morgan fingerprint density at radius 1 is 1.50 bits per heavy atom. The van der Waals surface area contributed by atoms with Gasteiger partial charge in [-0.3, -0.25) is 4.79 Å². The van der Waals surface area contributed by atoms with Crippen LogP contribution in [0.4, 0.5) is 0 Å². The highest BCUT2D eigenvalue weighted by atomic mass is 32.2. The number of nitrogens with one attached hydrogen (secondary N) is 1. The van der Waals surface area contributed by atoms with Crippen LogP contribution >= 0.6 is 0 Å². The highest BCUT2D eigenvalue weighted by Crippen LogP contribution is 2.14. The minimum atomic E-state index is -3.63. The zero-order valence-electron chi connectivity index (χ0n) is 11.3. The van der Waals surface area contributed by atoms with E-state index in [1.807, 2.05) is 29.7 Å². The molecule has 0 saturated heterocycles. The quantitative estimate of drug-likeness (QED) is 0.867. The second-order valence-corrected chi connectivity index (χ2v) is 6.80. The van der Waals surface area contributed by atoms with E-state index in [2.05, 4.69) is 5.32 Å². The number of aryl methyl sites for hydroxylation is 1. The molecule has 0 aliphatic carbocycles. The Balaban J connectivity index is 2.14. The summed E-state index contributed by atoms with van der Waals surface area (Å²) in [7, 11) is -3.63. The summed E-state index contributed by atoms with van der Waals surface area (Å²) in [4.78, 5) is 12.0. The van der Waals surface area contributed by atoms with Crippen LogP contribution in [0.3, 0.4) is 0 Å². The van der Waals surface area contributed by atoms with Crippen molar-refractivity contribution >= 4 is 21.4 Å². The fourth-order valence-corrected chi connectivity index (χ4v) is 2.18. The van der Waals surface area contributed by atoms with Gasteiger partial charge >= 0.3 is 0 Å². The van der Waals surface area contributed by atoms with Crippen LogP contribution in [0.1, 0.15) is 22.8 Å². The lowest BCUT2D eigenvalue weighted by Crippen LogP contribution is -2.37. The van der Waals surface area contributed by atoms with Crippen LogP contribution in [0, 0.1) is 6.92 Å². The first-order chi connectivity index (χ1) is 9.29. The van der Waals surface area contributed by atoms with Gasteiger partial charge in [0, 0.05) is 24.5 Å². The summed E-state index contributed by atoms with van der Waals surface area (Å²) in [5.41, 5.74) is 2.49. The Bertz CT molecular complexity index is 749. The molecule has 2 heterocycles. The number of nitrogens with two attached hydrogens (primary N) is 1. The van der Waals surface area contributed by atoms with Gasteiger partial charge in [-0.25, -0.2) is 13.6 Å². The summed E-state index contributed by atoms with van der Waals surface area (Å²) in [6.45, 7) is 3.40. The number of hydrogen-bond acceptors (Lipinski definition) is 3. The molecule has 1 amide bonds. The zero-order valence-corrected chi connectivity index (χ0v) is 12.1. The van der Waals surface area contributed by atoms with Crippen LogP contribution in [0.2, 0.25) is 0 Å². The molecule has 2 rings (SSSR count). The minimum absolute atomic E-state index is 0.0111. The van der Waals surface area contributed by atoms with Gasteiger partial charge in [0.15, 0.2) is 0 Å². The smallest absolute Gasteiger partial charge is 0.252 e. The Kier molecular flexibility index (Phi) is 3.82. The highest BCUT2D eigenvalue weighted by Gasteiger charge is 2.17. The molecule has 20 heavy (non-hydrogen) atoms. The van der Waals surface area contributed by atoms with Gasteiger partial charge < -0.3 is 9.72 Å². The van der Waals surface area contributed by atoms with Crippen molar-refractivity contribution in [3.05, 3.63) is 41.7 Å². The van der Waals surface area contributed by atoms with Crippen LogP contribution in [0.5, 0.6) is 0 Å². The molecule has 6 nitrogen and oxygen atoms in total. The maximum absolute atomic E-state index is 12.0. The normalized spacial score (nSPS) is 13.3. The number of nitrogens with zero attached hydrogens (tertiary/aromatic N) is 1. The lowest BCUT2D eigenvalue weighted by Gasteiger charge is -2.09. The Hall–Kier alpha value is -1.86. The molecule has 2 aromatic rings. The fourth-order valence-electron chi connectivity index (χ4n) is 1.86. The van der Waals surface area contributed by atoms with Crippen LogP contribution in [0.25, 0.3) is 5.52 Å². The number of carbonyl (C=O) groups excluding carboxylic acids is 1. The average Bonchev–Trinajstić information content (AvgIpc) is 2.79. The van der Waals surface area contributed by atoms with E-state index in [1.54, 1.807) is 12.3 Å². The van der Waals surface area contributed by atoms with Gasteiger partial charge in [0.25, 0.3) is 5.91 Å². The summed E-state index contributed by atoms with van der Waals surface area (Å²) < 4.78 is 24.0. The summed E-state index contributed by atoms with van der Waals surface area (Å²) in [6, 6.07) is 5.62. The van der Waals surface area contributed by atoms with Crippen molar-refractivity contribution in [2.45, 2.75) is 19.1 Å². The standard InChI is InChI=1S/C13H17N3O3S/c1-9-4-3-5-16-8-11(6-12(9)16)13(17)15-7-10(2)20(14,18)19/h3-6,8,10H,7H2,1-2H3,(H,15,17)(H2,14,18,19). The van der Waals surface area contributed by atoms with E-state index in [9.17, 15) is 13.2 Å². The van der Waals surface area contributed by atoms with Gasteiger partial charge in [-0.1, -0.05) is 6.07 Å². The van der Waals surface area contributed by atoms with Crippen molar-refractivity contribution in [2.24, 2.45) is 5.14 Å². The molecule has 1 unspecified atom stereocenters. The monoisotopic (exact) mass is 295 g/mol. The molecule has 0 aliphatic heterocycles. The molecule has 108 valence electrons. The topological polar surface area (TPSA) is 93.7 Å². The van der Waals surface area contributed by atoms with Gasteiger partial charge in [-0.05, 0) is 31.5 Å². The van der Waals surface area contributed by atoms with Crippen LogP contribution in [0.15, 0.2) is 30.6 Å². The molecule has 0 aromatic carbocycles. The van der Waals surface area contributed by atoms with Crippen LogP contribution < -0.4 is 10.5 Å². The van der Waals surface area contributed by atoms with Gasteiger partial charge in [0.2, 0.25) is 10.0 Å². The first-order valence-electron chi connectivity index (χ1n) is 6.16. The summed E-state index contributed by atoms with van der Waals surface area (Å²) in [6.07, 6.45) is 3.56. The van der Waals surface area contributed by atoms with Crippen LogP contribution in [-0.4, -0.2) is 30.5 Å². The number of hydrogen-bond donors (Lipinski definition) is 2. The van der Waals surface area contributed by atoms with E-state index in [0.29, 0.717) is 5.56 Å². The fraction of sp³-hybridized carbons (Fsp3) is 0.308. The molecule has 0 saturated carbocycles. The SMILES string of the molecule is Cc1cccn2cc(C(=O)NCC(C)S(N)(=O)=O)cc12. The minimum Gasteiger partial charge on any atom is -0.351 e. The second-order valence-electron chi connectivity index (χ2n) is 4.82. The third-order valence-corrected chi connectivity index (χ3v) is 4.51. The molecule has 1 atom stereocenters. The lowest BCUT2D eigenvalue weighted by molar-refractivity contribution is 0.0954. The van der Waals surface area contributed by atoms with E-state index in [4.69, 9.17) is 5.14 Å². The van der Waals surface area contributed by atoms with Crippen molar-refractivity contribution in [2.75, 3.05) is 6.54 Å². The predicted molar refractivity (Wildman–Crippen MR) is 77.0 cm³/mol. The van der Waals surface area contributed by atoms with Gasteiger partial charge in [-0.2, -0.15) is 0 Å². The molecule has 0 spiro atoms. The zero-order chi connectivity index (χ0) is 14.9. The molecule has 7 heteroatoms. The number of aromatic nitrogens is 1. The summed E-state index contributed by atoms with van der Waals surface area (Å²) >= 11 is 0. The first kappa shape index (κ1) is 14.5. The first-order valence-corrected chi connectivity index (χ1v) is 7.77. The summed E-state index contributed by atoms with van der Waals surface area (Å²) in [5.74, 6) is -0.316. The molecule has 0 aliphatic rings. The number of pyridine rings is 1. The third-order valence-electron chi connectivity index (χ3n) is 3.22. The average molecular weight is 295 g/mol. The van der Waals surface area contributed by atoms with E-state index >= 15 is 0 Å². The van der Waals surface area contributed by atoms with Crippen molar-refractivity contribution < 1.29 is 13.2 Å². The van der Waals surface area contributed by atoms with Gasteiger partial charge in [-0.15, -0.1) is 0 Å². The number of sulfonamides is 1. The number of primary sulfonamides is 1. The molecule has 0 bridgehead atoms. The van der Waals surface area contributed by atoms with E-state index in [0.717, 1.165) is 11.1 Å². The van der Waals surface area contributed by atoms with Gasteiger partial charge in [0.05, 0.1) is 10.8 Å². The highest BCUT2D eigenvalue weighted by molar-refractivity contribution is 7.89. The number of carbonyl (C=O) groups is 1. The lowest BCUT2D eigenvalue weighted by atomic mass is 10.2. The Morgan fingerprint density at radius 2 is 2.20 bits per heavy atom. The maximum atomic E-state index is 12.0. The van der Waals surface area contributed by atoms with Gasteiger partial charge in [0.1, 0.15) is 0 Å². The van der Waals surface area contributed by atoms with Crippen molar-refractivity contribution in [3.8, 4) is 0 Å². The predicted octanol–water partition coefficient (Wildman–Crippen LogP) is 0.655. The molecular formula is C13H17N3O3S. The molecule has 3 N–H and O–H groups in total. The van der Waals surface area contributed by atoms with E-state index in [1.165, 1.54) is 6.92 Å². The largest absolute Gasteiger partial charge is 0.351 e. The van der Waals surface area contributed by atoms with Crippen LogP contribution in [-0.2, 0) is 10.0 Å². The molecular weight excluding hydrogens is 278 g/mol. The molecule has 2 aromatic heterocycles. The number of fused-ring (bicyclic) bond motifs is 1. The maximum Gasteiger partial charge on any atom is 0.252 e. The van der Waals surface area contributed by atoms with Crippen molar-refractivity contribution in [1.82, 2.24) is 9.72 Å². The third kappa shape index (κ3) is 3.00. The number of amides is 1.